The SMILES string of the molecule is Cc1nc2ccccc2c2c(N)cccc12. The van der Waals surface area contributed by atoms with E-state index in [0.717, 1.165) is 33.1 Å². The zero-order valence-electron chi connectivity index (χ0n) is 9.07. The van der Waals surface area contributed by atoms with Crippen LogP contribution in [0.5, 0.6) is 0 Å². The van der Waals surface area contributed by atoms with Crippen molar-refractivity contribution in [2.75, 3.05) is 5.73 Å². The third kappa shape index (κ3) is 1.16. The van der Waals surface area contributed by atoms with E-state index < -0.39 is 0 Å². The summed E-state index contributed by atoms with van der Waals surface area (Å²) in [6.45, 7) is 2.02. The molecule has 3 rings (SSSR count). The lowest BCUT2D eigenvalue weighted by atomic mass is 10.0. The van der Waals surface area contributed by atoms with Gasteiger partial charge in [-0.15, -0.1) is 0 Å². The number of hydrogen-bond acceptors (Lipinski definition) is 2. The number of aryl methyl sites for hydroxylation is 1. The fourth-order valence-corrected chi connectivity index (χ4v) is 2.20. The molecule has 2 aromatic carbocycles. The third-order valence-corrected chi connectivity index (χ3v) is 2.95. The highest BCUT2D eigenvalue weighted by Crippen LogP contribution is 2.30. The maximum absolute atomic E-state index is 6.06. The molecule has 0 aliphatic heterocycles. The zero-order valence-corrected chi connectivity index (χ0v) is 9.07. The number of nitrogen functional groups attached to an aromatic ring is 1. The largest absolute Gasteiger partial charge is 0.398 e. The predicted molar refractivity (Wildman–Crippen MR) is 68.4 cm³/mol. The van der Waals surface area contributed by atoms with Crippen molar-refractivity contribution in [1.29, 1.82) is 0 Å². The molecule has 3 aromatic rings. The number of rotatable bonds is 0. The molecule has 0 fully saturated rings. The van der Waals surface area contributed by atoms with Crippen LogP contribution in [0.25, 0.3) is 21.7 Å². The number of pyridine rings is 1. The monoisotopic (exact) mass is 208 g/mol. The van der Waals surface area contributed by atoms with Gasteiger partial charge in [0.25, 0.3) is 0 Å². The van der Waals surface area contributed by atoms with Crippen LogP contribution < -0.4 is 5.73 Å². The number of hydrogen-bond donors (Lipinski definition) is 1. The number of nitrogens with two attached hydrogens (primary N) is 1. The van der Waals surface area contributed by atoms with Gasteiger partial charge in [0.05, 0.1) is 5.52 Å². The Morgan fingerprint density at radius 1 is 0.938 bits per heavy atom. The van der Waals surface area contributed by atoms with Crippen molar-refractivity contribution in [3.8, 4) is 0 Å². The Morgan fingerprint density at radius 2 is 1.69 bits per heavy atom. The van der Waals surface area contributed by atoms with Gasteiger partial charge in [0.1, 0.15) is 0 Å². The highest BCUT2D eigenvalue weighted by molar-refractivity contribution is 6.12. The van der Waals surface area contributed by atoms with Crippen molar-refractivity contribution in [1.82, 2.24) is 4.98 Å². The lowest BCUT2D eigenvalue weighted by Gasteiger charge is -2.08. The second-order valence-electron chi connectivity index (χ2n) is 3.98. The van der Waals surface area contributed by atoms with Gasteiger partial charge in [0, 0.05) is 27.5 Å². The summed E-state index contributed by atoms with van der Waals surface area (Å²) in [5.74, 6) is 0. The molecule has 0 bridgehead atoms. The van der Waals surface area contributed by atoms with Gasteiger partial charge in [0.15, 0.2) is 0 Å². The minimum atomic E-state index is 0.819. The molecule has 16 heavy (non-hydrogen) atoms. The summed E-state index contributed by atoms with van der Waals surface area (Å²) in [6.07, 6.45) is 0. The lowest BCUT2D eigenvalue weighted by Crippen LogP contribution is -1.92. The Kier molecular flexibility index (Phi) is 1.83. The first kappa shape index (κ1) is 9.16. The minimum absolute atomic E-state index is 0.819. The van der Waals surface area contributed by atoms with Crippen molar-refractivity contribution < 1.29 is 0 Å². The van der Waals surface area contributed by atoms with Crippen LogP contribution in [0.15, 0.2) is 42.5 Å². The van der Waals surface area contributed by atoms with E-state index in [1.165, 1.54) is 0 Å². The van der Waals surface area contributed by atoms with Gasteiger partial charge in [0.2, 0.25) is 0 Å². The minimum Gasteiger partial charge on any atom is -0.398 e. The fourth-order valence-electron chi connectivity index (χ4n) is 2.20. The van der Waals surface area contributed by atoms with E-state index >= 15 is 0 Å². The number of para-hydroxylation sites is 1. The summed E-state index contributed by atoms with van der Waals surface area (Å²) in [4.78, 5) is 4.59. The van der Waals surface area contributed by atoms with Gasteiger partial charge >= 0.3 is 0 Å². The summed E-state index contributed by atoms with van der Waals surface area (Å²) >= 11 is 0. The van der Waals surface area contributed by atoms with E-state index in [-0.39, 0.29) is 0 Å². The smallest absolute Gasteiger partial charge is 0.0712 e. The first-order valence-electron chi connectivity index (χ1n) is 5.31. The molecule has 0 aliphatic carbocycles. The van der Waals surface area contributed by atoms with Crippen LogP contribution in [0.1, 0.15) is 5.69 Å². The Labute approximate surface area is 93.7 Å². The zero-order chi connectivity index (χ0) is 11.1. The van der Waals surface area contributed by atoms with Crippen molar-refractivity contribution in [3.63, 3.8) is 0 Å². The molecule has 0 spiro atoms. The number of benzene rings is 2. The molecule has 0 unspecified atom stereocenters. The highest BCUT2D eigenvalue weighted by atomic mass is 14.7. The third-order valence-electron chi connectivity index (χ3n) is 2.95. The molecule has 0 atom stereocenters. The van der Waals surface area contributed by atoms with Gasteiger partial charge in [-0.05, 0) is 19.1 Å². The van der Waals surface area contributed by atoms with Crippen molar-refractivity contribution in [2.45, 2.75) is 6.92 Å². The number of nitrogens with zero attached hydrogens (tertiary/aromatic N) is 1. The van der Waals surface area contributed by atoms with Gasteiger partial charge in [-0.3, -0.25) is 4.98 Å². The molecule has 2 nitrogen and oxygen atoms in total. The Hall–Kier alpha value is -2.09. The Bertz CT molecular complexity index is 687. The summed E-state index contributed by atoms with van der Waals surface area (Å²) in [5, 5.41) is 3.38. The molecule has 2 N–H and O–H groups in total. The molecule has 78 valence electrons. The van der Waals surface area contributed by atoms with Crippen molar-refractivity contribution in [3.05, 3.63) is 48.2 Å². The van der Waals surface area contributed by atoms with E-state index in [1.54, 1.807) is 0 Å². The molecule has 0 radical (unpaired) electrons. The molecule has 1 heterocycles. The average Bonchev–Trinajstić information content (AvgIpc) is 2.30. The Balaban J connectivity index is 2.67. The van der Waals surface area contributed by atoms with Crippen LogP contribution in [-0.2, 0) is 0 Å². The van der Waals surface area contributed by atoms with Crippen LogP contribution >= 0.6 is 0 Å². The first-order chi connectivity index (χ1) is 7.77. The molecule has 0 aliphatic rings. The highest BCUT2D eigenvalue weighted by Gasteiger charge is 2.06. The second kappa shape index (κ2) is 3.20. The van der Waals surface area contributed by atoms with E-state index in [0.29, 0.717) is 0 Å². The van der Waals surface area contributed by atoms with Gasteiger partial charge in [-0.2, -0.15) is 0 Å². The van der Waals surface area contributed by atoms with Crippen molar-refractivity contribution in [2.24, 2.45) is 0 Å². The van der Waals surface area contributed by atoms with Crippen LogP contribution in [0.3, 0.4) is 0 Å². The van der Waals surface area contributed by atoms with E-state index in [1.807, 2.05) is 37.3 Å². The number of fused-ring (bicyclic) bond motifs is 3. The molecule has 2 heteroatoms. The number of aromatic nitrogens is 1. The van der Waals surface area contributed by atoms with E-state index in [4.69, 9.17) is 5.73 Å². The van der Waals surface area contributed by atoms with Crippen LogP contribution in [0.2, 0.25) is 0 Å². The Morgan fingerprint density at radius 3 is 2.56 bits per heavy atom. The molecular weight excluding hydrogens is 196 g/mol. The quantitative estimate of drug-likeness (QED) is 0.455. The van der Waals surface area contributed by atoms with Gasteiger partial charge in [-0.25, -0.2) is 0 Å². The topological polar surface area (TPSA) is 38.9 Å². The lowest BCUT2D eigenvalue weighted by molar-refractivity contribution is 1.29. The molecule has 0 saturated heterocycles. The molecule has 0 saturated carbocycles. The number of anilines is 1. The summed E-state index contributed by atoms with van der Waals surface area (Å²) in [5.41, 5.74) is 8.92. The van der Waals surface area contributed by atoms with Crippen LogP contribution in [0.4, 0.5) is 5.69 Å². The van der Waals surface area contributed by atoms with Crippen LogP contribution in [0, 0.1) is 6.92 Å². The second-order valence-corrected chi connectivity index (χ2v) is 3.98. The van der Waals surface area contributed by atoms with Crippen LogP contribution in [-0.4, -0.2) is 4.98 Å². The summed E-state index contributed by atoms with van der Waals surface area (Å²) in [6, 6.07) is 14.1. The molecule has 0 amide bonds. The van der Waals surface area contributed by atoms with Gasteiger partial charge < -0.3 is 5.73 Å². The molecular formula is C14H12N2. The predicted octanol–water partition coefficient (Wildman–Crippen LogP) is 3.28. The maximum atomic E-state index is 6.06. The van der Waals surface area contributed by atoms with Gasteiger partial charge in [-0.1, -0.05) is 30.3 Å². The normalized spacial score (nSPS) is 11.1. The maximum Gasteiger partial charge on any atom is 0.0712 e. The first-order valence-corrected chi connectivity index (χ1v) is 5.31. The molecule has 1 aromatic heterocycles. The fraction of sp³-hybridized carbons (Fsp3) is 0.0714. The van der Waals surface area contributed by atoms with E-state index in [9.17, 15) is 0 Å². The van der Waals surface area contributed by atoms with Crippen molar-refractivity contribution >= 4 is 27.4 Å². The summed E-state index contributed by atoms with van der Waals surface area (Å²) in [7, 11) is 0. The average molecular weight is 208 g/mol. The summed E-state index contributed by atoms with van der Waals surface area (Å²) < 4.78 is 0. The van der Waals surface area contributed by atoms with E-state index in [2.05, 4.69) is 17.1 Å². The standard InChI is InChI=1S/C14H12N2/c1-9-10-6-4-7-12(15)14(10)11-5-2-3-8-13(11)16-9/h2-8H,15H2,1H3.